The average Bonchev–Trinajstić information content (AvgIpc) is 3.01. The van der Waals surface area contributed by atoms with Crippen LogP contribution >= 0.6 is 0 Å². The van der Waals surface area contributed by atoms with E-state index < -0.39 is 0 Å². The van der Waals surface area contributed by atoms with Gasteiger partial charge in [-0.15, -0.1) is 10.2 Å². The third kappa shape index (κ3) is 3.49. The fourth-order valence-corrected chi connectivity index (χ4v) is 2.08. The number of anilines is 1. The summed E-state index contributed by atoms with van der Waals surface area (Å²) in [4.78, 5) is 0. The number of rotatable bonds is 5. The predicted octanol–water partition coefficient (Wildman–Crippen LogP) is 3.14. The second-order valence-electron chi connectivity index (χ2n) is 4.80. The van der Waals surface area contributed by atoms with E-state index >= 15 is 0 Å². The molecule has 0 unspecified atom stereocenters. The average molecular weight is 290 g/mol. The molecule has 1 heterocycles. The minimum Gasteiger partial charge on any atom is -0.423 e. The lowest BCUT2D eigenvalue weighted by Gasteiger charge is -2.03. The topological polar surface area (TPSA) is 74.7 Å². The van der Waals surface area contributed by atoms with Crippen LogP contribution in [0.2, 0.25) is 0 Å². The van der Waals surface area contributed by atoms with Crippen LogP contribution in [0.15, 0.2) is 59.0 Å². The zero-order valence-electron chi connectivity index (χ0n) is 11.9. The van der Waals surface area contributed by atoms with Gasteiger partial charge in [0.2, 0.25) is 11.8 Å². The van der Waals surface area contributed by atoms with Crippen LogP contribution in [0, 0.1) is 11.3 Å². The molecule has 0 aliphatic rings. The van der Waals surface area contributed by atoms with Crippen molar-refractivity contribution in [1.29, 1.82) is 5.26 Å². The Morgan fingerprint density at radius 1 is 1.00 bits per heavy atom. The van der Waals surface area contributed by atoms with E-state index in [4.69, 9.17) is 9.68 Å². The molecule has 3 rings (SSSR count). The van der Waals surface area contributed by atoms with Crippen molar-refractivity contribution in [3.8, 4) is 6.07 Å². The van der Waals surface area contributed by atoms with E-state index in [2.05, 4.69) is 21.6 Å². The first kappa shape index (κ1) is 13.8. The summed E-state index contributed by atoms with van der Waals surface area (Å²) in [5, 5.41) is 20.1. The van der Waals surface area contributed by atoms with E-state index in [0.717, 1.165) is 11.3 Å². The third-order valence-electron chi connectivity index (χ3n) is 3.14. The molecule has 0 aliphatic heterocycles. The number of benzene rings is 2. The number of nitrogens with one attached hydrogen (secondary N) is 1. The van der Waals surface area contributed by atoms with Crippen LogP contribution in [0.4, 0.5) is 5.69 Å². The first-order chi connectivity index (χ1) is 10.8. The van der Waals surface area contributed by atoms with Gasteiger partial charge >= 0.3 is 0 Å². The SMILES string of the molecule is N#Cc1cccc(NCc2nnc(Cc3ccccc3)o2)c1. The zero-order chi connectivity index (χ0) is 15.2. The summed E-state index contributed by atoms with van der Waals surface area (Å²) in [6.07, 6.45) is 0.623. The molecule has 22 heavy (non-hydrogen) atoms. The summed E-state index contributed by atoms with van der Waals surface area (Å²) >= 11 is 0. The molecule has 3 aromatic rings. The van der Waals surface area contributed by atoms with E-state index in [0.29, 0.717) is 30.3 Å². The minimum absolute atomic E-state index is 0.427. The molecule has 0 radical (unpaired) electrons. The molecule has 0 bridgehead atoms. The van der Waals surface area contributed by atoms with Crippen molar-refractivity contribution in [2.75, 3.05) is 5.32 Å². The fourth-order valence-electron chi connectivity index (χ4n) is 2.08. The second kappa shape index (κ2) is 6.55. The molecule has 2 aromatic carbocycles. The molecule has 1 aromatic heterocycles. The van der Waals surface area contributed by atoms with E-state index in [1.165, 1.54) is 0 Å². The minimum atomic E-state index is 0.427. The number of aromatic nitrogens is 2. The number of nitrogens with zero attached hydrogens (tertiary/aromatic N) is 3. The van der Waals surface area contributed by atoms with Gasteiger partial charge < -0.3 is 9.73 Å². The van der Waals surface area contributed by atoms with Gasteiger partial charge in [0.1, 0.15) is 0 Å². The third-order valence-corrected chi connectivity index (χ3v) is 3.14. The number of hydrogen-bond acceptors (Lipinski definition) is 5. The van der Waals surface area contributed by atoms with Gasteiger partial charge in [0.15, 0.2) is 0 Å². The second-order valence-corrected chi connectivity index (χ2v) is 4.80. The van der Waals surface area contributed by atoms with E-state index in [9.17, 15) is 0 Å². The summed E-state index contributed by atoms with van der Waals surface area (Å²) in [6, 6.07) is 19.4. The van der Waals surface area contributed by atoms with Crippen molar-refractivity contribution >= 4 is 5.69 Å². The van der Waals surface area contributed by atoms with Gasteiger partial charge in [-0.25, -0.2) is 0 Å². The molecule has 0 fully saturated rings. The van der Waals surface area contributed by atoms with Gasteiger partial charge in [0.25, 0.3) is 0 Å². The highest BCUT2D eigenvalue weighted by atomic mass is 16.4. The predicted molar refractivity (Wildman–Crippen MR) is 82.0 cm³/mol. The van der Waals surface area contributed by atoms with Gasteiger partial charge in [-0.1, -0.05) is 36.4 Å². The van der Waals surface area contributed by atoms with Crippen molar-refractivity contribution in [3.05, 3.63) is 77.5 Å². The van der Waals surface area contributed by atoms with Gasteiger partial charge in [0.05, 0.1) is 24.6 Å². The van der Waals surface area contributed by atoms with Crippen LogP contribution in [0.5, 0.6) is 0 Å². The van der Waals surface area contributed by atoms with Crippen LogP contribution in [-0.2, 0) is 13.0 Å². The van der Waals surface area contributed by atoms with E-state index in [1.54, 1.807) is 12.1 Å². The largest absolute Gasteiger partial charge is 0.423 e. The van der Waals surface area contributed by atoms with Crippen molar-refractivity contribution in [2.24, 2.45) is 0 Å². The standard InChI is InChI=1S/C17H14N4O/c18-11-14-7-4-8-15(9-14)19-12-17-21-20-16(22-17)10-13-5-2-1-3-6-13/h1-9,19H,10,12H2. The Morgan fingerprint density at radius 3 is 2.64 bits per heavy atom. The van der Waals surface area contributed by atoms with Crippen molar-refractivity contribution in [1.82, 2.24) is 10.2 Å². The summed E-state index contributed by atoms with van der Waals surface area (Å²) < 4.78 is 5.62. The Labute approximate surface area is 128 Å². The molecular weight excluding hydrogens is 276 g/mol. The van der Waals surface area contributed by atoms with E-state index in [-0.39, 0.29) is 0 Å². The molecule has 108 valence electrons. The van der Waals surface area contributed by atoms with Crippen LogP contribution in [-0.4, -0.2) is 10.2 Å². The van der Waals surface area contributed by atoms with Gasteiger partial charge in [0, 0.05) is 5.69 Å². The van der Waals surface area contributed by atoms with Crippen LogP contribution in [0.3, 0.4) is 0 Å². The molecule has 0 amide bonds. The summed E-state index contributed by atoms with van der Waals surface area (Å²) in [5.41, 5.74) is 2.59. The molecule has 0 saturated heterocycles. The van der Waals surface area contributed by atoms with E-state index in [1.807, 2.05) is 42.5 Å². The lowest BCUT2D eigenvalue weighted by molar-refractivity contribution is 0.464. The molecule has 1 N–H and O–H groups in total. The monoisotopic (exact) mass is 290 g/mol. The smallest absolute Gasteiger partial charge is 0.235 e. The molecular formula is C17H14N4O. The fraction of sp³-hybridized carbons (Fsp3) is 0.118. The molecule has 5 nitrogen and oxygen atoms in total. The van der Waals surface area contributed by atoms with Crippen LogP contribution < -0.4 is 5.32 Å². The lowest BCUT2D eigenvalue weighted by atomic mass is 10.2. The quantitative estimate of drug-likeness (QED) is 0.781. The first-order valence-electron chi connectivity index (χ1n) is 6.93. The highest BCUT2D eigenvalue weighted by molar-refractivity contribution is 5.48. The molecule has 0 atom stereocenters. The first-order valence-corrected chi connectivity index (χ1v) is 6.93. The normalized spacial score (nSPS) is 10.1. The number of hydrogen-bond donors (Lipinski definition) is 1. The number of nitriles is 1. The maximum Gasteiger partial charge on any atom is 0.235 e. The Balaban J connectivity index is 1.61. The maximum atomic E-state index is 8.87. The van der Waals surface area contributed by atoms with Crippen LogP contribution in [0.1, 0.15) is 22.9 Å². The Morgan fingerprint density at radius 2 is 1.82 bits per heavy atom. The maximum absolute atomic E-state index is 8.87. The summed E-state index contributed by atoms with van der Waals surface area (Å²) in [7, 11) is 0. The molecule has 5 heteroatoms. The zero-order valence-corrected chi connectivity index (χ0v) is 11.9. The summed E-state index contributed by atoms with van der Waals surface area (Å²) in [6.45, 7) is 0.427. The molecule has 0 saturated carbocycles. The van der Waals surface area contributed by atoms with Gasteiger partial charge in [-0.05, 0) is 23.8 Å². The van der Waals surface area contributed by atoms with Gasteiger partial charge in [-0.3, -0.25) is 0 Å². The van der Waals surface area contributed by atoms with Crippen molar-refractivity contribution < 1.29 is 4.42 Å². The highest BCUT2D eigenvalue weighted by Gasteiger charge is 2.06. The molecule has 0 spiro atoms. The Kier molecular flexibility index (Phi) is 4.12. The summed E-state index contributed by atoms with van der Waals surface area (Å²) in [5.74, 6) is 1.11. The lowest BCUT2D eigenvalue weighted by Crippen LogP contribution is -1.99. The highest BCUT2D eigenvalue weighted by Crippen LogP contribution is 2.12. The van der Waals surface area contributed by atoms with Crippen LogP contribution in [0.25, 0.3) is 0 Å². The Bertz CT molecular complexity index is 790. The van der Waals surface area contributed by atoms with Crippen molar-refractivity contribution in [2.45, 2.75) is 13.0 Å². The van der Waals surface area contributed by atoms with Crippen molar-refractivity contribution in [3.63, 3.8) is 0 Å². The molecule has 0 aliphatic carbocycles. The Hall–Kier alpha value is -3.13. The van der Waals surface area contributed by atoms with Gasteiger partial charge in [-0.2, -0.15) is 5.26 Å².